The summed E-state index contributed by atoms with van der Waals surface area (Å²) in [6, 6.07) is 4.99. The summed E-state index contributed by atoms with van der Waals surface area (Å²) in [5.41, 5.74) is 0.310. The fraction of sp³-hybridized carbons (Fsp3) is 0.429. The lowest BCUT2D eigenvalue weighted by atomic mass is 9.93. The van der Waals surface area contributed by atoms with Gasteiger partial charge in [-0.15, -0.1) is 0 Å². The number of carboxylic acid groups (broad SMARTS) is 1. The average molecular weight is 343 g/mol. The molecule has 0 radical (unpaired) electrons. The fourth-order valence-electron chi connectivity index (χ4n) is 1.88. The van der Waals surface area contributed by atoms with E-state index < -0.39 is 17.5 Å². The topological polar surface area (TPSA) is 78.4 Å². The number of rotatable bonds is 5. The van der Waals surface area contributed by atoms with Crippen LogP contribution in [0.5, 0.6) is 0 Å². The van der Waals surface area contributed by atoms with Crippen molar-refractivity contribution in [3.05, 3.63) is 28.2 Å². The molecule has 0 atom stereocenters. The number of aryl methyl sites for hydroxylation is 1. The van der Waals surface area contributed by atoms with Crippen molar-refractivity contribution >= 4 is 33.6 Å². The second kappa shape index (κ2) is 6.74. The van der Waals surface area contributed by atoms with Crippen LogP contribution in [0, 0.1) is 6.92 Å². The number of urea groups is 1. The maximum atomic E-state index is 12.0. The van der Waals surface area contributed by atoms with Crippen LogP contribution in [-0.4, -0.2) is 22.6 Å². The van der Waals surface area contributed by atoms with Gasteiger partial charge in [0.05, 0.1) is 0 Å². The van der Waals surface area contributed by atoms with Crippen molar-refractivity contribution in [2.24, 2.45) is 0 Å². The Labute approximate surface area is 126 Å². The zero-order valence-corrected chi connectivity index (χ0v) is 13.4. The smallest absolute Gasteiger partial charge is 0.329 e. The zero-order valence-electron chi connectivity index (χ0n) is 11.8. The predicted octanol–water partition coefficient (Wildman–Crippen LogP) is 3.52. The van der Waals surface area contributed by atoms with E-state index in [0.717, 1.165) is 10.0 Å². The molecule has 0 saturated carbocycles. The highest BCUT2D eigenvalue weighted by atomic mass is 79.9. The van der Waals surface area contributed by atoms with Gasteiger partial charge in [0.1, 0.15) is 5.54 Å². The molecule has 0 spiro atoms. The summed E-state index contributed by atoms with van der Waals surface area (Å²) in [4.78, 5) is 23.4. The first-order valence-corrected chi connectivity index (χ1v) is 7.22. The summed E-state index contributed by atoms with van der Waals surface area (Å²) in [6.45, 7) is 5.34. The fourth-order valence-corrected chi connectivity index (χ4v) is 2.24. The minimum absolute atomic E-state index is 0.323. The molecule has 0 aliphatic rings. The molecule has 0 aliphatic heterocycles. The Morgan fingerprint density at radius 2 is 1.90 bits per heavy atom. The maximum absolute atomic E-state index is 12.0. The maximum Gasteiger partial charge on any atom is 0.329 e. The van der Waals surface area contributed by atoms with E-state index in [4.69, 9.17) is 0 Å². The van der Waals surface area contributed by atoms with Crippen LogP contribution in [0.1, 0.15) is 32.3 Å². The quantitative estimate of drug-likeness (QED) is 0.765. The summed E-state index contributed by atoms with van der Waals surface area (Å²) in [5, 5.41) is 14.5. The molecule has 0 saturated heterocycles. The Morgan fingerprint density at radius 3 is 2.40 bits per heavy atom. The molecule has 6 heteroatoms. The van der Waals surface area contributed by atoms with Gasteiger partial charge in [-0.05, 0) is 37.5 Å². The van der Waals surface area contributed by atoms with Crippen molar-refractivity contribution < 1.29 is 14.7 Å². The van der Waals surface area contributed by atoms with Crippen LogP contribution in [0.3, 0.4) is 0 Å². The lowest BCUT2D eigenvalue weighted by molar-refractivity contribution is -0.144. The monoisotopic (exact) mass is 342 g/mol. The molecular weight excluding hydrogens is 324 g/mol. The van der Waals surface area contributed by atoms with Crippen LogP contribution < -0.4 is 10.6 Å². The van der Waals surface area contributed by atoms with Gasteiger partial charge < -0.3 is 15.7 Å². The van der Waals surface area contributed by atoms with E-state index in [0.29, 0.717) is 18.5 Å². The second-order valence-corrected chi connectivity index (χ2v) is 5.55. The number of benzene rings is 1. The van der Waals surface area contributed by atoms with E-state index in [1.807, 2.05) is 19.1 Å². The highest BCUT2D eigenvalue weighted by Crippen LogP contribution is 2.21. The molecule has 1 aromatic rings. The van der Waals surface area contributed by atoms with Gasteiger partial charge in [-0.3, -0.25) is 0 Å². The number of halogens is 1. The van der Waals surface area contributed by atoms with Crippen molar-refractivity contribution in [1.82, 2.24) is 5.32 Å². The molecule has 5 nitrogen and oxygen atoms in total. The van der Waals surface area contributed by atoms with Gasteiger partial charge in [0.25, 0.3) is 0 Å². The number of aliphatic carboxylic acids is 1. The van der Waals surface area contributed by atoms with E-state index in [-0.39, 0.29) is 0 Å². The summed E-state index contributed by atoms with van der Waals surface area (Å²) < 4.78 is 0.842. The number of hydrogen-bond acceptors (Lipinski definition) is 2. The van der Waals surface area contributed by atoms with Crippen LogP contribution in [0.4, 0.5) is 10.5 Å². The van der Waals surface area contributed by atoms with Crippen molar-refractivity contribution in [1.29, 1.82) is 0 Å². The number of nitrogens with one attached hydrogen (secondary N) is 2. The molecule has 0 bridgehead atoms. The lowest BCUT2D eigenvalue weighted by Gasteiger charge is -2.28. The Morgan fingerprint density at radius 1 is 1.30 bits per heavy atom. The summed E-state index contributed by atoms with van der Waals surface area (Å²) in [6.07, 6.45) is 0.646. The largest absolute Gasteiger partial charge is 0.480 e. The van der Waals surface area contributed by atoms with Crippen LogP contribution in [0.25, 0.3) is 0 Å². The van der Waals surface area contributed by atoms with E-state index in [9.17, 15) is 14.7 Å². The zero-order chi connectivity index (χ0) is 15.3. The summed E-state index contributed by atoms with van der Waals surface area (Å²) in [5.74, 6) is -1.02. The number of amides is 2. The van der Waals surface area contributed by atoms with Gasteiger partial charge in [-0.25, -0.2) is 9.59 Å². The molecule has 3 N–H and O–H groups in total. The van der Waals surface area contributed by atoms with Crippen LogP contribution in [0.2, 0.25) is 0 Å². The number of carbonyl (C=O) groups is 2. The van der Waals surface area contributed by atoms with Gasteiger partial charge in [-0.2, -0.15) is 0 Å². The normalized spacial score (nSPS) is 11.0. The third-order valence-corrected chi connectivity index (χ3v) is 3.91. The minimum atomic E-state index is -1.23. The first-order valence-electron chi connectivity index (χ1n) is 6.43. The highest BCUT2D eigenvalue weighted by Gasteiger charge is 2.36. The molecular formula is C14H19BrN2O3. The second-order valence-electron chi connectivity index (χ2n) is 4.63. The Balaban J connectivity index is 2.86. The van der Waals surface area contributed by atoms with Gasteiger partial charge in [0, 0.05) is 10.2 Å². The molecule has 110 valence electrons. The number of carboxylic acids is 1. The summed E-state index contributed by atoms with van der Waals surface area (Å²) >= 11 is 3.33. The molecule has 0 aromatic heterocycles. The van der Waals surface area contributed by atoms with Crippen molar-refractivity contribution in [3.63, 3.8) is 0 Å². The third kappa shape index (κ3) is 3.72. The average Bonchev–Trinajstić information content (AvgIpc) is 2.40. The molecule has 0 fully saturated rings. The van der Waals surface area contributed by atoms with Crippen molar-refractivity contribution in [2.75, 3.05) is 5.32 Å². The Bertz CT molecular complexity index is 513. The first-order chi connectivity index (χ1) is 9.34. The SMILES string of the molecule is CCC(CC)(NC(=O)Nc1cc(Br)ccc1C)C(=O)O. The van der Waals surface area contributed by atoms with E-state index in [1.54, 1.807) is 19.9 Å². The van der Waals surface area contributed by atoms with Gasteiger partial charge >= 0.3 is 12.0 Å². The molecule has 1 rings (SSSR count). The van der Waals surface area contributed by atoms with Crippen LogP contribution in [0.15, 0.2) is 22.7 Å². The molecule has 2 amide bonds. The molecule has 0 aliphatic carbocycles. The van der Waals surface area contributed by atoms with E-state index >= 15 is 0 Å². The van der Waals surface area contributed by atoms with Crippen molar-refractivity contribution in [2.45, 2.75) is 39.2 Å². The van der Waals surface area contributed by atoms with E-state index in [1.165, 1.54) is 0 Å². The van der Waals surface area contributed by atoms with Gasteiger partial charge in [0.15, 0.2) is 0 Å². The molecule has 20 heavy (non-hydrogen) atoms. The lowest BCUT2D eigenvalue weighted by Crippen LogP contribution is -2.55. The Hall–Kier alpha value is -1.56. The standard InChI is InChI=1S/C14H19BrN2O3/c1-4-14(5-2,12(18)19)17-13(20)16-11-8-10(15)7-6-9(11)3/h6-8H,4-5H2,1-3H3,(H,18,19)(H2,16,17,20). The molecule has 1 aromatic carbocycles. The molecule has 0 unspecified atom stereocenters. The van der Waals surface area contributed by atoms with Gasteiger partial charge in [0.2, 0.25) is 0 Å². The number of hydrogen-bond donors (Lipinski definition) is 3. The summed E-state index contributed by atoms with van der Waals surface area (Å²) in [7, 11) is 0. The number of carbonyl (C=O) groups excluding carboxylic acids is 1. The first kappa shape index (κ1) is 16.5. The highest BCUT2D eigenvalue weighted by molar-refractivity contribution is 9.10. The third-order valence-electron chi connectivity index (χ3n) is 3.42. The van der Waals surface area contributed by atoms with Gasteiger partial charge in [-0.1, -0.05) is 35.8 Å². The number of anilines is 1. The minimum Gasteiger partial charge on any atom is -0.480 e. The Kier molecular flexibility index (Phi) is 5.56. The van der Waals surface area contributed by atoms with Crippen LogP contribution in [-0.2, 0) is 4.79 Å². The van der Waals surface area contributed by atoms with E-state index in [2.05, 4.69) is 26.6 Å². The predicted molar refractivity (Wildman–Crippen MR) is 82.0 cm³/mol. The molecule has 0 heterocycles. The van der Waals surface area contributed by atoms with Crippen molar-refractivity contribution in [3.8, 4) is 0 Å². The van der Waals surface area contributed by atoms with Crippen LogP contribution >= 0.6 is 15.9 Å².